The molecule has 0 aliphatic carbocycles. The predicted octanol–water partition coefficient (Wildman–Crippen LogP) is -18.1. The molecule has 0 saturated carbocycles. The highest BCUT2D eigenvalue weighted by Crippen LogP contribution is 2.41. The van der Waals surface area contributed by atoms with Gasteiger partial charge in [0.15, 0.2) is 56.6 Å². The Kier molecular flexibility index (Phi) is 31.0. The smallest absolute Gasteiger partial charge is 0.217 e. The molecule has 47 heteroatoms. The predicted molar refractivity (Wildman–Crippen MR) is 329 cm³/mol. The second-order valence-corrected chi connectivity index (χ2v) is 27.4. The van der Waals surface area contributed by atoms with E-state index in [2.05, 4.69) is 16.0 Å². The second-order valence-electron chi connectivity index (χ2n) is 27.4. The van der Waals surface area contributed by atoms with Crippen molar-refractivity contribution in [3.63, 3.8) is 0 Å². The zero-order valence-corrected chi connectivity index (χ0v) is 57.8. The van der Waals surface area contributed by atoms with Crippen molar-refractivity contribution >= 4 is 17.7 Å². The highest BCUT2D eigenvalue weighted by molar-refractivity contribution is 5.74. The fourth-order valence-electron chi connectivity index (χ4n) is 13.9. The first kappa shape index (κ1) is 87.7. The number of aliphatic hydroxyl groups is 24. The van der Waals surface area contributed by atoms with Gasteiger partial charge in [0.05, 0.1) is 58.5 Å². The van der Waals surface area contributed by atoms with Crippen LogP contribution in [0.5, 0.6) is 0 Å². The van der Waals surface area contributed by atoms with Gasteiger partial charge in [0, 0.05) is 20.8 Å². The lowest BCUT2D eigenvalue weighted by Crippen LogP contribution is -2.71. The lowest BCUT2D eigenvalue weighted by Gasteiger charge is -2.51. The molecule has 27 N–H and O–H groups in total. The van der Waals surface area contributed by atoms with Crippen molar-refractivity contribution in [2.45, 2.75) is 311 Å². The van der Waals surface area contributed by atoms with Gasteiger partial charge in [0.1, 0.15) is 207 Å². The van der Waals surface area contributed by atoms with Gasteiger partial charge >= 0.3 is 0 Å². The number of rotatable bonds is 26. The molecular formula is C60H101N3O44. The van der Waals surface area contributed by atoms with Crippen LogP contribution in [-0.2, 0) is 94.9 Å². The van der Waals surface area contributed by atoms with Crippen LogP contribution in [0.25, 0.3) is 0 Å². The molecule has 0 aromatic carbocycles. The summed E-state index contributed by atoms with van der Waals surface area (Å²) in [4.78, 5) is 38.9. The van der Waals surface area contributed by atoms with Crippen LogP contribution in [0.4, 0.5) is 0 Å². The summed E-state index contributed by atoms with van der Waals surface area (Å²) in [6.45, 7) is -2.03. The van der Waals surface area contributed by atoms with Crippen LogP contribution in [0.3, 0.4) is 0 Å². The molecule has 9 rings (SSSR count). The Morgan fingerprint density at radius 2 is 0.542 bits per heavy atom. The molecule has 9 saturated heterocycles. The van der Waals surface area contributed by atoms with E-state index in [1.54, 1.807) is 0 Å². The molecule has 9 aliphatic heterocycles. The first-order valence-corrected chi connectivity index (χ1v) is 34.4. The van der Waals surface area contributed by atoms with E-state index in [1.165, 1.54) is 13.8 Å². The minimum atomic E-state index is -2.24. The average Bonchev–Trinajstić information content (AvgIpc) is 0.769. The maximum atomic E-state index is 13.1. The zero-order chi connectivity index (χ0) is 78.8. The van der Waals surface area contributed by atoms with Crippen molar-refractivity contribution in [1.29, 1.82) is 0 Å². The lowest BCUT2D eigenvalue weighted by molar-refractivity contribution is -0.404. The van der Waals surface area contributed by atoms with Gasteiger partial charge in [-0.15, -0.1) is 0 Å². The number of hydrogen-bond acceptors (Lipinski definition) is 44. The molecule has 0 aromatic rings. The summed E-state index contributed by atoms with van der Waals surface area (Å²) in [5.74, 6) is -2.75. The van der Waals surface area contributed by atoms with Crippen LogP contribution < -0.4 is 16.0 Å². The Bertz CT molecular complexity index is 2800. The van der Waals surface area contributed by atoms with E-state index in [1.807, 2.05) is 0 Å². The topological polar surface area (TPSA) is 730 Å². The molecule has 0 aromatic heterocycles. The molecule has 0 radical (unpaired) electrons. The Hall–Kier alpha value is -3.23. The van der Waals surface area contributed by atoms with E-state index in [0.717, 1.165) is 20.8 Å². The van der Waals surface area contributed by atoms with Crippen LogP contribution in [0.2, 0.25) is 0 Å². The van der Waals surface area contributed by atoms with Gasteiger partial charge < -0.3 is 219 Å². The van der Waals surface area contributed by atoms with Crippen LogP contribution in [0.15, 0.2) is 0 Å². The Morgan fingerprint density at radius 1 is 0.262 bits per heavy atom. The van der Waals surface area contributed by atoms with E-state index in [-0.39, 0.29) is 0 Å². The third-order valence-electron chi connectivity index (χ3n) is 19.9. The molecule has 0 bridgehead atoms. The summed E-state index contributed by atoms with van der Waals surface area (Å²) < 4.78 is 101. The number of nitrogens with one attached hydrogen (secondary N) is 3. The van der Waals surface area contributed by atoms with Crippen LogP contribution in [0, 0.1) is 0 Å². The van der Waals surface area contributed by atoms with Crippen molar-refractivity contribution in [3.05, 3.63) is 0 Å². The monoisotopic (exact) mass is 1570 g/mol. The molecule has 0 spiro atoms. The minimum Gasteiger partial charge on any atom is -0.394 e. The Morgan fingerprint density at radius 3 is 0.916 bits per heavy atom. The molecule has 0 unspecified atom stereocenters. The fraction of sp³-hybridized carbons (Fsp3) is 0.950. The van der Waals surface area contributed by atoms with Gasteiger partial charge in [-0.2, -0.15) is 0 Å². The third-order valence-corrected chi connectivity index (χ3v) is 19.9. The average molecular weight is 1570 g/mol. The quantitative estimate of drug-likeness (QED) is 0.0382. The van der Waals surface area contributed by atoms with Crippen molar-refractivity contribution in [2.75, 3.05) is 46.2 Å². The number of amides is 3. The van der Waals surface area contributed by atoms with E-state index in [9.17, 15) is 137 Å². The normalized spacial score (nSPS) is 50.7. The number of ether oxygens (including phenoxy) is 17. The lowest BCUT2D eigenvalue weighted by atomic mass is 9.93. The third kappa shape index (κ3) is 19.1. The van der Waals surface area contributed by atoms with Gasteiger partial charge in [-0.05, 0) is 13.8 Å². The SMILES string of the molecule is CC(=O)N[C@@H]1[C@@H](O[C@@H]2O[C@H](CO)[C@@H](O[C@@H]3O[C@H](CO)[C@H](O)[C@H](O[C@H]4O[C@H](CO)[C@H](O)[C@H](O)[C@H]4O)[C@H]3O[C@@H]3O[C@@H](C)[C@@H](O)[C@@H](O)[C@@H]3O)[C@H](O)[C@H]2NC(C)=O)[C@@H](O)[C@@H](CO[C@@H]2O[C@H](CO)[C@@H](O[C@@H]3O[C@H](CO)[C@H](O)[C@H](O[C@H]4O[C@H](CO)[C@H](O)[C@H](O)[C@H]4O)[C@H]3O[C@@H]3O[C@@H](C)[C@@H](O)[C@@H](O)[C@@H]3O)[C@H](O)[C@H]2NC(C)=O)O[C@H]1O. The van der Waals surface area contributed by atoms with E-state index >= 15 is 0 Å². The van der Waals surface area contributed by atoms with Gasteiger partial charge in [0.2, 0.25) is 17.7 Å². The number of carbonyl (C=O) groups is 3. The van der Waals surface area contributed by atoms with Gasteiger partial charge in [-0.3, -0.25) is 14.4 Å². The number of aliphatic hydroxyl groups excluding tert-OH is 24. The highest BCUT2D eigenvalue weighted by Gasteiger charge is 2.61. The molecule has 9 aliphatic rings. The first-order valence-electron chi connectivity index (χ1n) is 34.4. The molecule has 3 amide bonds. The van der Waals surface area contributed by atoms with Crippen LogP contribution in [0.1, 0.15) is 34.6 Å². The van der Waals surface area contributed by atoms with Gasteiger partial charge in [-0.25, -0.2) is 0 Å². The summed E-state index contributed by atoms with van der Waals surface area (Å²) in [7, 11) is 0. The second kappa shape index (κ2) is 37.8. The van der Waals surface area contributed by atoms with E-state index in [0.29, 0.717) is 0 Å². The Labute approximate surface area is 606 Å². The zero-order valence-electron chi connectivity index (χ0n) is 57.8. The van der Waals surface area contributed by atoms with Gasteiger partial charge in [-0.1, -0.05) is 0 Å². The van der Waals surface area contributed by atoms with Crippen molar-refractivity contribution in [2.24, 2.45) is 0 Å². The molecule has 107 heavy (non-hydrogen) atoms. The molecule has 47 nitrogen and oxygen atoms in total. The van der Waals surface area contributed by atoms with Gasteiger partial charge in [0.25, 0.3) is 0 Å². The van der Waals surface area contributed by atoms with E-state index in [4.69, 9.17) is 80.5 Å². The Balaban J connectivity index is 0.965. The van der Waals surface area contributed by atoms with E-state index < -0.39 is 340 Å². The standard InChI is InChI=1S/C60H101N3O44/c1-13-28(73)37(82)41(86)55(92-13)106-50-48(104-57-43(88)39(84)30(75)18(6-64)95-57)32(77)20(8-66)97-59(50)101-45-22(10-68)99-53(25(35(45)80)61-15(3)70)91-12-24-34(79)47(27(52(90)94-24)63-17(5)72)103-54-26(62-16(4)71)36(81)46(23(11-69)100-54)102-60-51(107-56-42(87)38(83)29(74)14(2)93-56)49(33(78)21(9-67)98-60)105-58-44(89)40(85)31(76)19(7-65)96-58/h13-14,18-60,64-69,73-90H,6-12H2,1-5H3,(H,61,70)(H,62,71)(H,63,72)/t13-,14-,18+,19+,20+,21+,22+,23+,24+,25+,26+,27+,28+,29+,30-,31-,32-,33-,34-,35+,36+,37+,38+,39-,40-,41-,42-,43+,44+,45+,46+,47+,48-,49-,50+,51+,52+,53+,54-,55-,56-,57+,58+,59-,60-/m0/s1. The minimum absolute atomic E-state index is 0.896. The molecule has 45 atom stereocenters. The maximum Gasteiger partial charge on any atom is 0.217 e. The summed E-state index contributed by atoms with van der Waals surface area (Å²) in [5, 5.41) is 271. The maximum absolute atomic E-state index is 13.1. The van der Waals surface area contributed by atoms with Crippen molar-refractivity contribution < 1.29 is 217 Å². The molecule has 620 valence electrons. The summed E-state index contributed by atoms with van der Waals surface area (Å²) in [6, 6.07) is -5.65. The fourth-order valence-corrected chi connectivity index (χ4v) is 13.9. The summed E-state index contributed by atoms with van der Waals surface area (Å²) in [5.41, 5.74) is 0. The van der Waals surface area contributed by atoms with Crippen molar-refractivity contribution in [1.82, 2.24) is 16.0 Å². The number of hydrogen-bond donors (Lipinski definition) is 27. The highest BCUT2D eigenvalue weighted by atomic mass is 16.8. The summed E-state index contributed by atoms with van der Waals surface area (Å²) in [6.07, 6.45) is -83.3. The molecule has 9 heterocycles. The first-order chi connectivity index (χ1) is 50.5. The van der Waals surface area contributed by atoms with Crippen LogP contribution in [-0.4, -0.2) is 463 Å². The van der Waals surface area contributed by atoms with Crippen molar-refractivity contribution in [3.8, 4) is 0 Å². The number of carbonyl (C=O) groups excluding carboxylic acids is 3. The largest absolute Gasteiger partial charge is 0.394 e. The molecule has 9 fully saturated rings. The van der Waals surface area contributed by atoms with Crippen LogP contribution >= 0.6 is 0 Å². The molecular weight excluding hydrogens is 1470 g/mol. The summed E-state index contributed by atoms with van der Waals surface area (Å²) >= 11 is 0.